The van der Waals surface area contributed by atoms with E-state index in [1.54, 1.807) is 12.2 Å². The van der Waals surface area contributed by atoms with E-state index < -0.39 is 0 Å². The lowest BCUT2D eigenvalue weighted by molar-refractivity contribution is 0.402. The minimum atomic E-state index is 0.855. The van der Waals surface area contributed by atoms with E-state index in [9.17, 15) is 0 Å². The molecule has 132 valence electrons. The van der Waals surface area contributed by atoms with Crippen molar-refractivity contribution >= 4 is 6.21 Å². The molecule has 0 aromatic rings. The van der Waals surface area contributed by atoms with E-state index in [0.29, 0.717) is 0 Å². The van der Waals surface area contributed by atoms with Crippen molar-refractivity contribution in [2.45, 2.75) is 40.5 Å². The van der Waals surface area contributed by atoms with Crippen molar-refractivity contribution in [2.24, 2.45) is 5.92 Å². The number of hydrogen-bond acceptors (Lipinski definition) is 2. The van der Waals surface area contributed by atoms with Crippen molar-refractivity contribution < 1.29 is 0 Å². The lowest BCUT2D eigenvalue weighted by Gasteiger charge is -2.17. The first-order valence-electron chi connectivity index (χ1n) is 8.58. The van der Waals surface area contributed by atoms with E-state index in [4.69, 9.17) is 5.41 Å². The quantitative estimate of drug-likeness (QED) is 0.471. The van der Waals surface area contributed by atoms with Crippen molar-refractivity contribution in [2.75, 3.05) is 13.1 Å². The molecule has 0 bridgehead atoms. The van der Waals surface area contributed by atoms with Gasteiger partial charge in [0, 0.05) is 6.21 Å². The number of rotatable bonds is 6. The second-order valence-electron chi connectivity index (χ2n) is 6.40. The van der Waals surface area contributed by atoms with E-state index in [-0.39, 0.29) is 0 Å². The van der Waals surface area contributed by atoms with Gasteiger partial charge in [0.25, 0.3) is 0 Å². The summed E-state index contributed by atoms with van der Waals surface area (Å²) in [6.07, 6.45) is 11.6. The third-order valence-corrected chi connectivity index (χ3v) is 3.99. The highest BCUT2D eigenvalue weighted by Crippen LogP contribution is 2.16. The van der Waals surface area contributed by atoms with E-state index in [2.05, 4.69) is 32.0 Å². The van der Waals surface area contributed by atoms with Gasteiger partial charge in [-0.15, -0.1) is 0 Å². The van der Waals surface area contributed by atoms with E-state index in [0.717, 1.165) is 33.8 Å². The summed E-state index contributed by atoms with van der Waals surface area (Å²) in [6, 6.07) is 0. The Morgan fingerprint density at radius 2 is 1.62 bits per heavy atom. The Morgan fingerprint density at radius 1 is 1.04 bits per heavy atom. The second kappa shape index (κ2) is 12.5. The summed E-state index contributed by atoms with van der Waals surface area (Å²) in [5, 5.41) is 10.7. The van der Waals surface area contributed by atoms with Crippen LogP contribution >= 0.6 is 0 Å². The lowest BCUT2D eigenvalue weighted by atomic mass is 10.0. The van der Waals surface area contributed by atoms with Crippen LogP contribution in [-0.4, -0.2) is 19.3 Å². The molecular formula is C22H34N2. The minimum Gasteiger partial charge on any atom is -0.317 e. The van der Waals surface area contributed by atoms with Crippen LogP contribution in [0.4, 0.5) is 0 Å². The van der Waals surface area contributed by atoms with Crippen LogP contribution in [-0.2, 0) is 0 Å². The molecule has 1 aliphatic heterocycles. The van der Waals surface area contributed by atoms with Crippen molar-refractivity contribution in [3.05, 3.63) is 71.9 Å². The van der Waals surface area contributed by atoms with Crippen LogP contribution in [0.2, 0.25) is 0 Å². The Hall–Kier alpha value is -1.93. The molecular weight excluding hydrogens is 292 g/mol. The zero-order chi connectivity index (χ0) is 18.5. The summed E-state index contributed by atoms with van der Waals surface area (Å²) in [7, 11) is 0. The van der Waals surface area contributed by atoms with Gasteiger partial charge in [-0.2, -0.15) is 0 Å². The molecule has 0 amide bonds. The average molecular weight is 327 g/mol. The van der Waals surface area contributed by atoms with Gasteiger partial charge in [-0.25, -0.2) is 0 Å². The predicted octanol–water partition coefficient (Wildman–Crippen LogP) is 5.78. The van der Waals surface area contributed by atoms with Crippen LogP contribution < -0.4 is 5.32 Å². The lowest BCUT2D eigenvalue weighted by Crippen LogP contribution is -2.26. The maximum Gasteiger partial charge on any atom is 0.0253 e. The Labute approximate surface area is 149 Å². The SMILES string of the molecule is C=C/C(C)=C(C=C)/C=C(C)/C(C=N)=C/C(=C)C.CC1CCNCC1. The molecule has 0 aromatic carbocycles. The standard InChI is InChI=1S/C16H21N.C6H13N/c1-7-13(5)15(8-2)10-14(6)16(11-17)9-12(3)4;1-6-2-4-7-5-3-6/h7-11,17H,1-3H2,4-6H3;6-7H,2-5H2,1H3/b14-10+,15-13+,16-9+,17-11?;. The molecule has 0 aliphatic carbocycles. The number of piperidine rings is 1. The van der Waals surface area contributed by atoms with Crippen LogP contribution in [0.15, 0.2) is 71.9 Å². The summed E-state index contributed by atoms with van der Waals surface area (Å²) in [6.45, 7) is 22.0. The molecule has 2 N–H and O–H groups in total. The first-order chi connectivity index (χ1) is 11.3. The van der Waals surface area contributed by atoms with Gasteiger partial charge in [-0.05, 0) is 74.9 Å². The molecule has 0 radical (unpaired) electrons. The normalized spacial score (nSPS) is 17.2. The van der Waals surface area contributed by atoms with E-state index in [1.165, 1.54) is 32.1 Å². The fourth-order valence-corrected chi connectivity index (χ4v) is 2.27. The molecule has 1 heterocycles. The predicted molar refractivity (Wildman–Crippen MR) is 110 cm³/mol. The highest BCUT2D eigenvalue weighted by molar-refractivity contribution is 5.83. The molecule has 2 nitrogen and oxygen atoms in total. The number of allylic oxidation sites excluding steroid dienone is 9. The first kappa shape index (κ1) is 22.1. The summed E-state index contributed by atoms with van der Waals surface area (Å²) in [5.74, 6) is 0.973. The molecule has 0 saturated carbocycles. The van der Waals surface area contributed by atoms with Gasteiger partial charge in [0.15, 0.2) is 0 Å². The van der Waals surface area contributed by atoms with Crippen molar-refractivity contribution in [3.8, 4) is 0 Å². The first-order valence-corrected chi connectivity index (χ1v) is 8.58. The Kier molecular flexibility index (Phi) is 11.5. The Balaban J connectivity index is 0.000000620. The highest BCUT2D eigenvalue weighted by atomic mass is 14.9. The van der Waals surface area contributed by atoms with Crippen LogP contribution in [0, 0.1) is 11.3 Å². The van der Waals surface area contributed by atoms with E-state index in [1.807, 2.05) is 32.9 Å². The Morgan fingerprint density at radius 3 is 1.96 bits per heavy atom. The molecule has 0 aromatic heterocycles. The summed E-state index contributed by atoms with van der Waals surface area (Å²) in [4.78, 5) is 0. The molecule has 2 heteroatoms. The largest absolute Gasteiger partial charge is 0.317 e. The van der Waals surface area contributed by atoms with Gasteiger partial charge < -0.3 is 10.7 Å². The number of nitrogens with one attached hydrogen (secondary N) is 2. The third kappa shape index (κ3) is 9.26. The fourth-order valence-electron chi connectivity index (χ4n) is 2.27. The van der Waals surface area contributed by atoms with Crippen LogP contribution in [0.5, 0.6) is 0 Å². The smallest absolute Gasteiger partial charge is 0.0253 e. The Bertz CT molecular complexity index is 538. The topological polar surface area (TPSA) is 35.9 Å². The molecule has 0 atom stereocenters. The highest BCUT2D eigenvalue weighted by Gasteiger charge is 2.05. The van der Waals surface area contributed by atoms with Gasteiger partial charge in [0.1, 0.15) is 0 Å². The van der Waals surface area contributed by atoms with Gasteiger partial charge in [-0.1, -0.05) is 56.5 Å². The third-order valence-electron chi connectivity index (χ3n) is 3.99. The maximum absolute atomic E-state index is 7.40. The van der Waals surface area contributed by atoms with Crippen LogP contribution in [0.3, 0.4) is 0 Å². The molecule has 24 heavy (non-hydrogen) atoms. The summed E-state index contributed by atoms with van der Waals surface area (Å²) < 4.78 is 0. The average Bonchev–Trinajstić information content (AvgIpc) is 2.57. The zero-order valence-electron chi connectivity index (χ0n) is 15.9. The molecule has 1 saturated heterocycles. The van der Waals surface area contributed by atoms with Crippen molar-refractivity contribution in [1.82, 2.24) is 5.32 Å². The van der Waals surface area contributed by atoms with Gasteiger partial charge in [0.05, 0.1) is 0 Å². The van der Waals surface area contributed by atoms with Crippen LogP contribution in [0.25, 0.3) is 0 Å². The molecule has 1 aliphatic rings. The van der Waals surface area contributed by atoms with Crippen molar-refractivity contribution in [1.29, 1.82) is 5.41 Å². The summed E-state index contributed by atoms with van der Waals surface area (Å²) in [5.41, 5.74) is 4.89. The van der Waals surface area contributed by atoms with Gasteiger partial charge in [0.2, 0.25) is 0 Å². The summed E-state index contributed by atoms with van der Waals surface area (Å²) >= 11 is 0. The van der Waals surface area contributed by atoms with Crippen LogP contribution in [0.1, 0.15) is 40.5 Å². The second-order valence-corrected chi connectivity index (χ2v) is 6.40. The van der Waals surface area contributed by atoms with E-state index >= 15 is 0 Å². The molecule has 1 fully saturated rings. The molecule has 0 spiro atoms. The van der Waals surface area contributed by atoms with Crippen molar-refractivity contribution in [3.63, 3.8) is 0 Å². The van der Waals surface area contributed by atoms with Gasteiger partial charge in [-0.3, -0.25) is 0 Å². The molecule has 0 unspecified atom stereocenters. The zero-order valence-corrected chi connectivity index (χ0v) is 15.9. The van der Waals surface area contributed by atoms with Gasteiger partial charge >= 0.3 is 0 Å². The fraction of sp³-hybridized carbons (Fsp3) is 0.409. The minimum absolute atomic E-state index is 0.855. The monoisotopic (exact) mass is 326 g/mol. The maximum atomic E-state index is 7.40. The number of hydrogen-bond donors (Lipinski definition) is 2. The molecule has 1 rings (SSSR count).